The van der Waals surface area contributed by atoms with Crippen molar-refractivity contribution in [2.75, 3.05) is 17.2 Å². The fraction of sp³-hybridized carbons (Fsp3) is 0.333. The highest BCUT2D eigenvalue weighted by Gasteiger charge is 2.15. The van der Waals surface area contributed by atoms with Crippen LogP contribution < -0.4 is 10.6 Å². The summed E-state index contributed by atoms with van der Waals surface area (Å²) in [6.45, 7) is 8.24. The van der Waals surface area contributed by atoms with E-state index in [0.717, 1.165) is 27.8 Å². The largest absolute Gasteiger partial charge is 0.392 e. The van der Waals surface area contributed by atoms with Crippen LogP contribution in [0.1, 0.15) is 23.6 Å². The zero-order chi connectivity index (χ0) is 19.6. The number of amides is 1. The number of imidazole rings is 1. The van der Waals surface area contributed by atoms with Gasteiger partial charge in [-0.25, -0.2) is 4.98 Å². The molecule has 0 saturated carbocycles. The average Bonchev–Trinajstić information content (AvgIpc) is 2.94. The Morgan fingerprint density at radius 3 is 2.52 bits per heavy atom. The van der Waals surface area contributed by atoms with Gasteiger partial charge in [0, 0.05) is 12.2 Å². The van der Waals surface area contributed by atoms with Crippen LogP contribution in [0.2, 0.25) is 0 Å². The molecule has 6 nitrogen and oxygen atoms in total. The third-order valence-electron chi connectivity index (χ3n) is 4.45. The maximum absolute atomic E-state index is 12.8. The summed E-state index contributed by atoms with van der Waals surface area (Å²) in [5, 5.41) is 15.7. The lowest BCUT2D eigenvalue weighted by atomic mass is 10.1. The molecular formula is C21H26N4O2. The van der Waals surface area contributed by atoms with Crippen molar-refractivity contribution in [1.82, 2.24) is 9.55 Å². The Morgan fingerprint density at radius 1 is 1.19 bits per heavy atom. The highest BCUT2D eigenvalue weighted by molar-refractivity contribution is 5.93. The lowest BCUT2D eigenvalue weighted by Gasteiger charge is -2.15. The molecule has 27 heavy (non-hydrogen) atoms. The van der Waals surface area contributed by atoms with Crippen molar-refractivity contribution in [3.8, 4) is 0 Å². The number of aliphatic hydroxyl groups is 1. The standard InChI is InChI=1S/C21H26N4O2/c1-13-9-14(2)20(15(3)10-13)24-19(27)12-25-18-8-6-5-7-17(18)23-21(25)22-11-16(4)26/h5-10,16,26H,11-12H2,1-4H3,(H,22,23)(H,24,27). The number of rotatable bonds is 6. The van der Waals surface area contributed by atoms with Gasteiger partial charge in [0.05, 0.1) is 17.1 Å². The van der Waals surface area contributed by atoms with Crippen molar-refractivity contribution < 1.29 is 9.90 Å². The third kappa shape index (κ3) is 4.28. The first-order chi connectivity index (χ1) is 12.8. The Kier molecular flexibility index (Phi) is 5.46. The molecule has 0 spiro atoms. The Balaban J connectivity index is 1.87. The first kappa shape index (κ1) is 18.9. The second-order valence-electron chi connectivity index (χ2n) is 7.06. The number of carbonyl (C=O) groups excluding carboxylic acids is 1. The maximum Gasteiger partial charge on any atom is 0.244 e. The van der Waals surface area contributed by atoms with E-state index in [0.29, 0.717) is 12.5 Å². The summed E-state index contributed by atoms with van der Waals surface area (Å²) in [7, 11) is 0. The number of aromatic nitrogens is 2. The van der Waals surface area contributed by atoms with Gasteiger partial charge in [-0.05, 0) is 51.0 Å². The number of nitrogens with one attached hydrogen (secondary N) is 2. The molecule has 2 aromatic carbocycles. The lowest BCUT2D eigenvalue weighted by molar-refractivity contribution is -0.116. The topological polar surface area (TPSA) is 79.2 Å². The summed E-state index contributed by atoms with van der Waals surface area (Å²) >= 11 is 0. The van der Waals surface area contributed by atoms with Crippen LogP contribution in [0.15, 0.2) is 36.4 Å². The van der Waals surface area contributed by atoms with Crippen LogP contribution >= 0.6 is 0 Å². The number of carbonyl (C=O) groups is 1. The average molecular weight is 366 g/mol. The van der Waals surface area contributed by atoms with Gasteiger partial charge >= 0.3 is 0 Å². The van der Waals surface area contributed by atoms with Crippen molar-refractivity contribution in [3.63, 3.8) is 0 Å². The number of hydrogen-bond acceptors (Lipinski definition) is 4. The molecule has 3 rings (SSSR count). The zero-order valence-corrected chi connectivity index (χ0v) is 16.2. The minimum atomic E-state index is -0.509. The van der Waals surface area contributed by atoms with Gasteiger partial charge < -0.3 is 20.3 Å². The normalized spacial score (nSPS) is 12.2. The molecule has 0 saturated heterocycles. The Bertz CT molecular complexity index is 952. The van der Waals surface area contributed by atoms with Crippen molar-refractivity contribution in [1.29, 1.82) is 0 Å². The molecule has 3 aromatic rings. The molecule has 1 heterocycles. The Labute approximate surface area is 159 Å². The molecule has 0 aliphatic carbocycles. The monoisotopic (exact) mass is 366 g/mol. The molecule has 1 unspecified atom stereocenters. The van der Waals surface area contributed by atoms with Crippen LogP contribution in [-0.2, 0) is 11.3 Å². The molecule has 3 N–H and O–H groups in total. The van der Waals surface area contributed by atoms with Gasteiger partial charge in [0.15, 0.2) is 0 Å². The van der Waals surface area contributed by atoms with Crippen molar-refractivity contribution >= 4 is 28.6 Å². The smallest absolute Gasteiger partial charge is 0.244 e. The predicted octanol–water partition coefficient (Wildman–Crippen LogP) is 3.39. The van der Waals surface area contributed by atoms with Gasteiger partial charge in [-0.3, -0.25) is 4.79 Å². The van der Waals surface area contributed by atoms with E-state index in [1.165, 1.54) is 5.56 Å². The van der Waals surface area contributed by atoms with E-state index in [9.17, 15) is 9.90 Å². The molecule has 1 amide bonds. The van der Waals surface area contributed by atoms with Gasteiger partial charge in [0.1, 0.15) is 6.54 Å². The molecule has 0 radical (unpaired) electrons. The summed E-state index contributed by atoms with van der Waals surface area (Å²) in [4.78, 5) is 17.3. The number of nitrogens with zero attached hydrogens (tertiary/aromatic N) is 2. The van der Waals surface area contributed by atoms with E-state index >= 15 is 0 Å². The van der Waals surface area contributed by atoms with Crippen LogP contribution in [0.3, 0.4) is 0 Å². The van der Waals surface area contributed by atoms with E-state index in [1.807, 2.05) is 49.6 Å². The molecular weight excluding hydrogens is 340 g/mol. The number of anilines is 2. The van der Waals surface area contributed by atoms with Crippen molar-refractivity contribution in [3.05, 3.63) is 53.1 Å². The molecule has 6 heteroatoms. The highest BCUT2D eigenvalue weighted by Crippen LogP contribution is 2.23. The lowest BCUT2D eigenvalue weighted by Crippen LogP contribution is -2.23. The van der Waals surface area contributed by atoms with Gasteiger partial charge in [-0.15, -0.1) is 0 Å². The van der Waals surface area contributed by atoms with E-state index in [1.54, 1.807) is 6.92 Å². The summed E-state index contributed by atoms with van der Waals surface area (Å²) < 4.78 is 1.84. The number of aryl methyl sites for hydroxylation is 3. The number of fused-ring (bicyclic) bond motifs is 1. The fourth-order valence-electron chi connectivity index (χ4n) is 3.31. The molecule has 142 valence electrons. The number of para-hydroxylation sites is 2. The number of benzene rings is 2. The SMILES string of the molecule is Cc1cc(C)c(NC(=O)Cn2c(NCC(C)O)nc3ccccc32)c(C)c1. The van der Waals surface area contributed by atoms with Crippen molar-refractivity contribution in [2.45, 2.75) is 40.3 Å². The van der Waals surface area contributed by atoms with E-state index in [4.69, 9.17) is 0 Å². The molecule has 0 aliphatic rings. The predicted molar refractivity (Wildman–Crippen MR) is 109 cm³/mol. The summed E-state index contributed by atoms with van der Waals surface area (Å²) in [6.07, 6.45) is -0.509. The Morgan fingerprint density at radius 2 is 1.85 bits per heavy atom. The first-order valence-electron chi connectivity index (χ1n) is 9.10. The summed E-state index contributed by atoms with van der Waals surface area (Å²) in [6, 6.07) is 11.8. The summed E-state index contributed by atoms with van der Waals surface area (Å²) in [5.41, 5.74) is 5.80. The van der Waals surface area contributed by atoms with Gasteiger partial charge in [-0.1, -0.05) is 29.8 Å². The third-order valence-corrected chi connectivity index (χ3v) is 4.45. The van der Waals surface area contributed by atoms with E-state index in [2.05, 4.69) is 27.8 Å². The minimum Gasteiger partial charge on any atom is -0.392 e. The summed E-state index contributed by atoms with van der Waals surface area (Å²) in [5.74, 6) is 0.456. The fourth-order valence-corrected chi connectivity index (χ4v) is 3.31. The number of aliphatic hydroxyl groups excluding tert-OH is 1. The van der Waals surface area contributed by atoms with Gasteiger partial charge in [0.25, 0.3) is 0 Å². The van der Waals surface area contributed by atoms with Crippen molar-refractivity contribution in [2.24, 2.45) is 0 Å². The second-order valence-corrected chi connectivity index (χ2v) is 7.06. The van der Waals surface area contributed by atoms with Crippen LogP contribution in [0, 0.1) is 20.8 Å². The molecule has 0 fully saturated rings. The number of hydrogen-bond donors (Lipinski definition) is 3. The zero-order valence-electron chi connectivity index (χ0n) is 16.2. The Hall–Kier alpha value is -2.86. The molecule has 1 atom stereocenters. The minimum absolute atomic E-state index is 0.117. The molecule has 1 aromatic heterocycles. The van der Waals surface area contributed by atoms with Crippen LogP contribution in [0.5, 0.6) is 0 Å². The molecule has 0 bridgehead atoms. The second kappa shape index (κ2) is 7.80. The maximum atomic E-state index is 12.8. The van der Waals surface area contributed by atoms with Gasteiger partial charge in [-0.2, -0.15) is 0 Å². The van der Waals surface area contributed by atoms with E-state index in [-0.39, 0.29) is 12.5 Å². The quantitative estimate of drug-likeness (QED) is 0.625. The van der Waals surface area contributed by atoms with Crippen LogP contribution in [0.25, 0.3) is 11.0 Å². The first-order valence-corrected chi connectivity index (χ1v) is 9.10. The van der Waals surface area contributed by atoms with Gasteiger partial charge in [0.2, 0.25) is 11.9 Å². The highest BCUT2D eigenvalue weighted by atomic mass is 16.3. The van der Waals surface area contributed by atoms with Crippen LogP contribution in [-0.4, -0.2) is 33.2 Å². The molecule has 0 aliphatic heterocycles. The van der Waals surface area contributed by atoms with E-state index < -0.39 is 6.10 Å². The van der Waals surface area contributed by atoms with Crippen LogP contribution in [0.4, 0.5) is 11.6 Å².